The van der Waals surface area contributed by atoms with Gasteiger partial charge in [-0.25, -0.2) is 4.98 Å². The second-order valence-electron chi connectivity index (χ2n) is 13.6. The molecular formula is C49H31N3. The molecule has 0 fully saturated rings. The van der Waals surface area contributed by atoms with Gasteiger partial charge in [-0.1, -0.05) is 140 Å². The van der Waals surface area contributed by atoms with Crippen LogP contribution in [0.3, 0.4) is 0 Å². The molecule has 242 valence electrons. The minimum atomic E-state index is 0.931. The third-order valence-electron chi connectivity index (χ3n) is 10.7. The molecule has 52 heavy (non-hydrogen) atoms. The van der Waals surface area contributed by atoms with Gasteiger partial charge in [0.25, 0.3) is 0 Å². The molecule has 0 saturated carbocycles. The molecule has 11 aromatic rings. The minimum absolute atomic E-state index is 0.931. The maximum Gasteiger partial charge on any atom is 0.145 e. The molecule has 2 aromatic heterocycles. The predicted molar refractivity (Wildman–Crippen MR) is 219 cm³/mol. The van der Waals surface area contributed by atoms with E-state index in [0.717, 1.165) is 44.7 Å². The molecule has 0 N–H and O–H groups in total. The fraction of sp³-hybridized carbons (Fsp3) is 0. The monoisotopic (exact) mass is 661 g/mol. The van der Waals surface area contributed by atoms with Crippen LogP contribution in [0.25, 0.3) is 99.0 Å². The van der Waals surface area contributed by atoms with Crippen molar-refractivity contribution in [3.63, 3.8) is 0 Å². The fourth-order valence-electron chi connectivity index (χ4n) is 8.31. The summed E-state index contributed by atoms with van der Waals surface area (Å²) in [5, 5.41) is 9.71. The lowest BCUT2D eigenvalue weighted by Gasteiger charge is -2.14. The molecule has 2 heterocycles. The Balaban J connectivity index is 1.18. The maximum absolute atomic E-state index is 5.51. The summed E-state index contributed by atoms with van der Waals surface area (Å²) in [5.41, 5.74) is 10.2. The van der Waals surface area contributed by atoms with Gasteiger partial charge in [0.2, 0.25) is 0 Å². The lowest BCUT2D eigenvalue weighted by Crippen LogP contribution is -1.99. The van der Waals surface area contributed by atoms with Gasteiger partial charge >= 0.3 is 0 Å². The van der Waals surface area contributed by atoms with Crippen LogP contribution in [0, 0.1) is 0 Å². The number of fused-ring (bicyclic) bond motifs is 10. The lowest BCUT2D eigenvalue weighted by molar-refractivity contribution is 1.11. The Hall–Kier alpha value is -6.97. The van der Waals surface area contributed by atoms with Crippen LogP contribution in [-0.2, 0) is 0 Å². The SMILES string of the molecule is c1ccc(-n2c3ccccc3c3cc(-c4cccc(-n5c(-c6ccc7ccccc7c6)nc6c7ccccc7c7ccccc7c65)c4)ccc32)cc1. The summed E-state index contributed by atoms with van der Waals surface area (Å²) in [4.78, 5) is 5.51. The van der Waals surface area contributed by atoms with Gasteiger partial charge in [0.1, 0.15) is 5.82 Å². The third kappa shape index (κ3) is 4.30. The Morgan fingerprint density at radius 3 is 1.79 bits per heavy atom. The number of rotatable bonds is 4. The van der Waals surface area contributed by atoms with E-state index in [0.29, 0.717) is 0 Å². The zero-order valence-corrected chi connectivity index (χ0v) is 28.2. The van der Waals surface area contributed by atoms with E-state index >= 15 is 0 Å². The molecular weight excluding hydrogens is 631 g/mol. The normalized spacial score (nSPS) is 11.8. The highest BCUT2D eigenvalue weighted by Crippen LogP contribution is 2.41. The van der Waals surface area contributed by atoms with Crippen molar-refractivity contribution in [2.45, 2.75) is 0 Å². The van der Waals surface area contributed by atoms with E-state index in [1.807, 2.05) is 0 Å². The summed E-state index contributed by atoms with van der Waals surface area (Å²) < 4.78 is 4.76. The first-order valence-electron chi connectivity index (χ1n) is 17.8. The summed E-state index contributed by atoms with van der Waals surface area (Å²) in [6, 6.07) is 67.9. The Labute approximate surface area is 300 Å². The Morgan fingerprint density at radius 2 is 0.942 bits per heavy atom. The minimum Gasteiger partial charge on any atom is -0.309 e. The summed E-state index contributed by atoms with van der Waals surface area (Å²) in [5.74, 6) is 0.931. The number of imidazole rings is 1. The van der Waals surface area contributed by atoms with Gasteiger partial charge in [0.05, 0.1) is 22.1 Å². The standard InChI is InChI=1S/C49H31N3/c1-2-16-37(17-3-1)51-45-24-11-10-21-41(45)44-31-35(27-28-46(44)51)34-15-12-18-38(30-34)52-48-43-23-9-7-20-40(43)39-19-6-8-22-42(39)47(48)50-49(52)36-26-25-32-13-4-5-14-33(32)29-36/h1-31H. The van der Waals surface area contributed by atoms with Gasteiger partial charge in [-0.15, -0.1) is 0 Å². The number of hydrogen-bond donors (Lipinski definition) is 0. The maximum atomic E-state index is 5.51. The molecule has 0 amide bonds. The van der Waals surface area contributed by atoms with E-state index < -0.39 is 0 Å². The van der Waals surface area contributed by atoms with E-state index in [9.17, 15) is 0 Å². The zero-order chi connectivity index (χ0) is 34.2. The van der Waals surface area contributed by atoms with Crippen molar-refractivity contribution in [3.05, 3.63) is 188 Å². The van der Waals surface area contributed by atoms with Gasteiger partial charge in [0.15, 0.2) is 0 Å². The highest BCUT2D eigenvalue weighted by molar-refractivity contribution is 6.24. The number of aromatic nitrogens is 3. The van der Waals surface area contributed by atoms with Gasteiger partial charge < -0.3 is 4.57 Å². The van der Waals surface area contributed by atoms with Gasteiger partial charge in [-0.2, -0.15) is 0 Å². The molecule has 3 heteroatoms. The average Bonchev–Trinajstić information content (AvgIpc) is 3.78. The molecule has 0 aliphatic rings. The molecule has 0 bridgehead atoms. The Morgan fingerprint density at radius 1 is 0.327 bits per heavy atom. The molecule has 0 radical (unpaired) electrons. The second kappa shape index (κ2) is 11.3. The van der Waals surface area contributed by atoms with E-state index in [-0.39, 0.29) is 0 Å². The van der Waals surface area contributed by atoms with Crippen molar-refractivity contribution in [1.29, 1.82) is 0 Å². The van der Waals surface area contributed by atoms with Gasteiger partial charge in [0, 0.05) is 38.5 Å². The van der Waals surface area contributed by atoms with Crippen LogP contribution in [0.2, 0.25) is 0 Å². The second-order valence-corrected chi connectivity index (χ2v) is 13.6. The first-order valence-corrected chi connectivity index (χ1v) is 17.8. The van der Waals surface area contributed by atoms with Crippen molar-refractivity contribution < 1.29 is 0 Å². The number of benzene rings is 9. The smallest absolute Gasteiger partial charge is 0.145 e. The van der Waals surface area contributed by atoms with E-state index in [1.165, 1.54) is 54.3 Å². The van der Waals surface area contributed by atoms with Crippen LogP contribution in [0.1, 0.15) is 0 Å². The topological polar surface area (TPSA) is 22.8 Å². The molecule has 0 aliphatic heterocycles. The summed E-state index contributed by atoms with van der Waals surface area (Å²) in [6.45, 7) is 0. The summed E-state index contributed by atoms with van der Waals surface area (Å²) >= 11 is 0. The molecule has 3 nitrogen and oxygen atoms in total. The summed E-state index contributed by atoms with van der Waals surface area (Å²) in [7, 11) is 0. The molecule has 0 spiro atoms. The van der Waals surface area contributed by atoms with Crippen molar-refractivity contribution in [3.8, 4) is 33.9 Å². The number of hydrogen-bond acceptors (Lipinski definition) is 1. The predicted octanol–water partition coefficient (Wildman–Crippen LogP) is 12.9. The van der Waals surface area contributed by atoms with Crippen LogP contribution in [0.4, 0.5) is 0 Å². The van der Waals surface area contributed by atoms with Gasteiger partial charge in [-0.05, 0) is 81.2 Å². The van der Waals surface area contributed by atoms with Crippen molar-refractivity contribution in [2.75, 3.05) is 0 Å². The summed E-state index contributed by atoms with van der Waals surface area (Å²) in [6.07, 6.45) is 0. The quantitative estimate of drug-likeness (QED) is 0.172. The van der Waals surface area contributed by atoms with Crippen molar-refractivity contribution in [2.24, 2.45) is 0 Å². The first kappa shape index (κ1) is 28.8. The Bertz CT molecular complexity index is 3180. The van der Waals surface area contributed by atoms with E-state index in [2.05, 4.69) is 197 Å². The molecule has 0 saturated heterocycles. The fourth-order valence-corrected chi connectivity index (χ4v) is 8.31. The molecule has 9 aromatic carbocycles. The van der Waals surface area contributed by atoms with Gasteiger partial charge in [-0.3, -0.25) is 4.57 Å². The third-order valence-corrected chi connectivity index (χ3v) is 10.7. The zero-order valence-electron chi connectivity index (χ0n) is 28.2. The Kier molecular flexibility index (Phi) is 6.25. The average molecular weight is 662 g/mol. The van der Waals surface area contributed by atoms with Crippen LogP contribution in [-0.4, -0.2) is 14.1 Å². The molecule has 0 unspecified atom stereocenters. The number of para-hydroxylation sites is 2. The van der Waals surface area contributed by atoms with E-state index in [4.69, 9.17) is 4.98 Å². The van der Waals surface area contributed by atoms with Crippen LogP contribution in [0.15, 0.2) is 188 Å². The largest absolute Gasteiger partial charge is 0.309 e. The first-order chi connectivity index (χ1) is 25.8. The van der Waals surface area contributed by atoms with Crippen LogP contribution >= 0.6 is 0 Å². The molecule has 11 rings (SSSR count). The van der Waals surface area contributed by atoms with Crippen molar-refractivity contribution in [1.82, 2.24) is 14.1 Å². The highest BCUT2D eigenvalue weighted by Gasteiger charge is 2.21. The lowest BCUT2D eigenvalue weighted by atomic mass is 9.99. The molecule has 0 atom stereocenters. The van der Waals surface area contributed by atoms with Crippen molar-refractivity contribution >= 4 is 65.2 Å². The highest BCUT2D eigenvalue weighted by atomic mass is 15.1. The van der Waals surface area contributed by atoms with E-state index in [1.54, 1.807) is 0 Å². The van der Waals surface area contributed by atoms with Crippen LogP contribution in [0.5, 0.6) is 0 Å². The molecule has 0 aliphatic carbocycles. The van der Waals surface area contributed by atoms with Crippen LogP contribution < -0.4 is 0 Å². The number of nitrogens with zero attached hydrogens (tertiary/aromatic N) is 3.